The minimum Gasteiger partial charge on any atom is -0.369 e. The van der Waals surface area contributed by atoms with E-state index in [1.807, 2.05) is 6.92 Å². The Hall–Kier alpha value is -1.11. The van der Waals surface area contributed by atoms with Crippen LogP contribution in [-0.2, 0) is 23.0 Å². The summed E-state index contributed by atoms with van der Waals surface area (Å²) in [6.07, 6.45) is 1.49. The summed E-state index contributed by atoms with van der Waals surface area (Å²) in [7, 11) is -3.12. The van der Waals surface area contributed by atoms with Gasteiger partial charge in [0.2, 0.25) is 10.0 Å². The molecule has 0 unspecified atom stereocenters. The van der Waals surface area contributed by atoms with Gasteiger partial charge in [0.15, 0.2) is 0 Å². The summed E-state index contributed by atoms with van der Waals surface area (Å²) < 4.78 is 26.4. The minimum absolute atomic E-state index is 0.248. The number of nitrogens with zero attached hydrogens (tertiary/aromatic N) is 2. The van der Waals surface area contributed by atoms with Crippen LogP contribution < -0.4 is 10.2 Å². The molecular formula is C16H25N3O2S. The molecule has 22 heavy (non-hydrogen) atoms. The molecule has 0 bridgehead atoms. The summed E-state index contributed by atoms with van der Waals surface area (Å²) in [6.45, 7) is 7.00. The molecule has 0 amide bonds. The lowest BCUT2D eigenvalue weighted by Crippen LogP contribution is -2.45. The van der Waals surface area contributed by atoms with Crippen molar-refractivity contribution in [3.05, 3.63) is 29.3 Å². The van der Waals surface area contributed by atoms with Crippen molar-refractivity contribution in [1.29, 1.82) is 0 Å². The highest BCUT2D eigenvalue weighted by Gasteiger charge is 2.28. The third kappa shape index (κ3) is 3.14. The molecule has 1 fully saturated rings. The fraction of sp³-hybridized carbons (Fsp3) is 0.625. The number of piperazine rings is 1. The lowest BCUT2D eigenvalue weighted by Gasteiger charge is -2.35. The highest BCUT2D eigenvalue weighted by atomic mass is 32.2. The Morgan fingerprint density at radius 3 is 2.68 bits per heavy atom. The molecule has 1 saturated heterocycles. The predicted molar refractivity (Wildman–Crippen MR) is 89.7 cm³/mol. The lowest BCUT2D eigenvalue weighted by atomic mass is 9.98. The van der Waals surface area contributed by atoms with Crippen molar-refractivity contribution in [3.63, 3.8) is 0 Å². The van der Waals surface area contributed by atoms with Crippen molar-refractivity contribution in [2.24, 2.45) is 0 Å². The van der Waals surface area contributed by atoms with Crippen molar-refractivity contribution in [2.75, 3.05) is 43.4 Å². The Balaban J connectivity index is 1.88. The molecule has 1 aromatic rings. The molecule has 2 aliphatic rings. The molecule has 5 nitrogen and oxygen atoms in total. The van der Waals surface area contributed by atoms with Crippen LogP contribution in [0.2, 0.25) is 0 Å². The molecule has 0 atom stereocenters. The van der Waals surface area contributed by atoms with E-state index in [4.69, 9.17) is 0 Å². The van der Waals surface area contributed by atoms with Crippen molar-refractivity contribution >= 4 is 15.7 Å². The summed E-state index contributed by atoms with van der Waals surface area (Å²) in [5.41, 5.74) is 3.73. The van der Waals surface area contributed by atoms with Crippen molar-refractivity contribution in [3.8, 4) is 0 Å². The fourth-order valence-electron chi connectivity index (χ4n) is 3.36. The molecular weight excluding hydrogens is 298 g/mol. The summed E-state index contributed by atoms with van der Waals surface area (Å²) in [5.74, 6) is 0.248. The predicted octanol–water partition coefficient (Wildman–Crippen LogP) is 1.19. The second kappa shape index (κ2) is 6.56. The van der Waals surface area contributed by atoms with Crippen molar-refractivity contribution in [2.45, 2.75) is 26.3 Å². The Labute approximate surface area is 133 Å². The average Bonchev–Trinajstić information content (AvgIpc) is 2.54. The van der Waals surface area contributed by atoms with Crippen LogP contribution in [0.4, 0.5) is 5.69 Å². The molecule has 0 aromatic heterocycles. The number of benzene rings is 1. The number of rotatable bonds is 4. The normalized spacial score (nSPS) is 20.0. The van der Waals surface area contributed by atoms with Gasteiger partial charge in [-0.05, 0) is 30.0 Å². The zero-order chi connectivity index (χ0) is 15.6. The molecule has 0 radical (unpaired) electrons. The standard InChI is InChI=1S/C16H25N3O2S/c1-2-12-22(20,21)19-9-6-14-4-3-5-16(15(14)13-19)18-10-7-17-8-11-18/h3-5,17H,2,6-13H2,1H3. The maximum atomic E-state index is 12.4. The van der Waals surface area contributed by atoms with Crippen molar-refractivity contribution in [1.82, 2.24) is 9.62 Å². The second-order valence-corrected chi connectivity index (χ2v) is 8.14. The topological polar surface area (TPSA) is 52.7 Å². The molecule has 2 aliphatic heterocycles. The third-order valence-electron chi connectivity index (χ3n) is 4.53. The van der Waals surface area contributed by atoms with Crippen LogP contribution in [0.1, 0.15) is 24.5 Å². The van der Waals surface area contributed by atoms with Crippen LogP contribution in [0.3, 0.4) is 0 Å². The zero-order valence-corrected chi connectivity index (χ0v) is 14.0. The number of hydrogen-bond acceptors (Lipinski definition) is 4. The quantitative estimate of drug-likeness (QED) is 0.904. The summed E-state index contributed by atoms with van der Waals surface area (Å²) in [5, 5.41) is 3.37. The lowest BCUT2D eigenvalue weighted by molar-refractivity contribution is 0.390. The summed E-state index contributed by atoms with van der Waals surface area (Å²) in [4.78, 5) is 2.38. The Morgan fingerprint density at radius 1 is 1.18 bits per heavy atom. The van der Waals surface area contributed by atoms with E-state index in [1.165, 1.54) is 16.8 Å². The van der Waals surface area contributed by atoms with E-state index in [0.29, 0.717) is 19.5 Å². The maximum Gasteiger partial charge on any atom is 0.214 e. The Morgan fingerprint density at radius 2 is 1.95 bits per heavy atom. The van der Waals surface area contributed by atoms with E-state index in [-0.39, 0.29) is 5.75 Å². The van der Waals surface area contributed by atoms with Crippen LogP contribution >= 0.6 is 0 Å². The monoisotopic (exact) mass is 323 g/mol. The molecule has 122 valence electrons. The molecule has 6 heteroatoms. The van der Waals surface area contributed by atoms with E-state index in [0.717, 1.165) is 32.6 Å². The third-order valence-corrected chi connectivity index (χ3v) is 6.55. The van der Waals surface area contributed by atoms with Gasteiger partial charge in [-0.2, -0.15) is 4.31 Å². The largest absolute Gasteiger partial charge is 0.369 e. The highest BCUT2D eigenvalue weighted by molar-refractivity contribution is 7.89. The van der Waals surface area contributed by atoms with E-state index in [9.17, 15) is 8.42 Å². The number of hydrogen-bond donors (Lipinski definition) is 1. The number of anilines is 1. The van der Waals surface area contributed by atoms with Gasteiger partial charge in [-0.15, -0.1) is 0 Å². The molecule has 1 aromatic carbocycles. The van der Waals surface area contributed by atoms with Gasteiger partial charge >= 0.3 is 0 Å². The van der Waals surface area contributed by atoms with Gasteiger partial charge in [0, 0.05) is 45.0 Å². The van der Waals surface area contributed by atoms with Crippen molar-refractivity contribution < 1.29 is 8.42 Å². The number of nitrogens with one attached hydrogen (secondary N) is 1. The second-order valence-electron chi connectivity index (χ2n) is 6.05. The smallest absolute Gasteiger partial charge is 0.214 e. The van der Waals surface area contributed by atoms with Gasteiger partial charge in [0.25, 0.3) is 0 Å². The van der Waals surface area contributed by atoms with Crippen LogP contribution in [-0.4, -0.2) is 51.2 Å². The molecule has 3 rings (SSSR count). The first-order valence-electron chi connectivity index (χ1n) is 8.16. The average molecular weight is 323 g/mol. The Bertz CT molecular complexity index is 624. The zero-order valence-electron chi connectivity index (χ0n) is 13.2. The first-order chi connectivity index (χ1) is 10.6. The highest BCUT2D eigenvalue weighted by Crippen LogP contribution is 2.30. The molecule has 0 spiro atoms. The molecule has 1 N–H and O–H groups in total. The van der Waals surface area contributed by atoms with Gasteiger partial charge < -0.3 is 10.2 Å². The number of sulfonamides is 1. The minimum atomic E-state index is -3.12. The van der Waals surface area contributed by atoms with E-state index >= 15 is 0 Å². The molecule has 0 saturated carbocycles. The maximum absolute atomic E-state index is 12.4. The van der Waals surface area contributed by atoms with Gasteiger partial charge in [-0.1, -0.05) is 19.1 Å². The van der Waals surface area contributed by atoms with Crippen LogP contribution in [0, 0.1) is 0 Å². The summed E-state index contributed by atoms with van der Waals surface area (Å²) >= 11 is 0. The van der Waals surface area contributed by atoms with Crippen LogP contribution in [0.15, 0.2) is 18.2 Å². The SMILES string of the molecule is CCCS(=O)(=O)N1CCc2cccc(N3CCNCC3)c2C1. The molecule has 0 aliphatic carbocycles. The van der Waals surface area contributed by atoms with Crippen LogP contribution in [0.25, 0.3) is 0 Å². The van der Waals surface area contributed by atoms with E-state index < -0.39 is 10.0 Å². The Kier molecular flexibility index (Phi) is 4.70. The summed E-state index contributed by atoms with van der Waals surface area (Å²) in [6, 6.07) is 6.39. The van der Waals surface area contributed by atoms with Gasteiger partial charge in [0.1, 0.15) is 0 Å². The van der Waals surface area contributed by atoms with E-state index in [1.54, 1.807) is 4.31 Å². The van der Waals surface area contributed by atoms with E-state index in [2.05, 4.69) is 28.4 Å². The van der Waals surface area contributed by atoms with Gasteiger partial charge in [-0.3, -0.25) is 0 Å². The van der Waals surface area contributed by atoms with Crippen LogP contribution in [0.5, 0.6) is 0 Å². The first kappa shape index (κ1) is 15.8. The first-order valence-corrected chi connectivity index (χ1v) is 9.77. The molecule has 2 heterocycles. The van der Waals surface area contributed by atoms with Gasteiger partial charge in [0.05, 0.1) is 5.75 Å². The van der Waals surface area contributed by atoms with Gasteiger partial charge in [-0.25, -0.2) is 8.42 Å². The fourth-order valence-corrected chi connectivity index (χ4v) is 4.83. The number of fused-ring (bicyclic) bond motifs is 1.